The van der Waals surface area contributed by atoms with E-state index in [2.05, 4.69) is 14.7 Å². The second-order valence-corrected chi connectivity index (χ2v) is 4.09. The van der Waals surface area contributed by atoms with Crippen LogP contribution in [0.15, 0.2) is 16.9 Å². The standard InChI is InChI=1S/C12H11ClN2O3/c1-3-6-4-8-9(15-11(6)16)5-7(10(13)14-8)12(17)18-2/h4-5H,3H2,1-2H3,(H,15,16). The highest BCUT2D eigenvalue weighted by Crippen LogP contribution is 2.19. The molecule has 0 saturated carbocycles. The van der Waals surface area contributed by atoms with Crippen LogP contribution in [0.1, 0.15) is 22.8 Å². The smallest absolute Gasteiger partial charge is 0.341 e. The number of hydrogen-bond acceptors (Lipinski definition) is 4. The Labute approximate surface area is 108 Å². The summed E-state index contributed by atoms with van der Waals surface area (Å²) in [5.74, 6) is -0.588. The van der Waals surface area contributed by atoms with E-state index in [9.17, 15) is 9.59 Å². The average molecular weight is 267 g/mol. The first-order chi connectivity index (χ1) is 8.56. The van der Waals surface area contributed by atoms with Crippen molar-refractivity contribution in [1.29, 1.82) is 0 Å². The first-order valence-corrected chi connectivity index (χ1v) is 5.75. The third-order valence-electron chi connectivity index (χ3n) is 2.64. The third kappa shape index (κ3) is 2.09. The SMILES string of the molecule is CCc1cc2nc(Cl)c(C(=O)OC)cc2[nH]c1=O. The minimum absolute atomic E-state index is 0.0588. The van der Waals surface area contributed by atoms with E-state index in [0.717, 1.165) is 0 Å². The van der Waals surface area contributed by atoms with Crippen molar-refractivity contribution in [2.75, 3.05) is 7.11 Å². The van der Waals surface area contributed by atoms with Gasteiger partial charge in [0.2, 0.25) is 0 Å². The van der Waals surface area contributed by atoms with Crippen LogP contribution in [0, 0.1) is 0 Å². The molecule has 0 radical (unpaired) electrons. The molecule has 0 bridgehead atoms. The number of aromatic nitrogens is 2. The van der Waals surface area contributed by atoms with Gasteiger partial charge in [0, 0.05) is 5.56 Å². The molecule has 0 saturated heterocycles. The van der Waals surface area contributed by atoms with Gasteiger partial charge >= 0.3 is 5.97 Å². The molecule has 2 rings (SSSR count). The minimum atomic E-state index is -0.588. The monoisotopic (exact) mass is 266 g/mol. The predicted octanol–water partition coefficient (Wildman–Crippen LogP) is 1.93. The van der Waals surface area contributed by atoms with E-state index in [1.54, 1.807) is 6.07 Å². The van der Waals surface area contributed by atoms with Crippen LogP contribution in [0.3, 0.4) is 0 Å². The van der Waals surface area contributed by atoms with E-state index in [4.69, 9.17) is 11.6 Å². The number of carbonyl (C=O) groups is 1. The lowest BCUT2D eigenvalue weighted by Crippen LogP contribution is -2.13. The Morgan fingerprint density at radius 2 is 2.22 bits per heavy atom. The highest BCUT2D eigenvalue weighted by Gasteiger charge is 2.14. The highest BCUT2D eigenvalue weighted by atomic mass is 35.5. The predicted molar refractivity (Wildman–Crippen MR) is 68.1 cm³/mol. The molecule has 2 aromatic heterocycles. The minimum Gasteiger partial charge on any atom is -0.465 e. The third-order valence-corrected chi connectivity index (χ3v) is 2.93. The number of pyridine rings is 2. The number of fused-ring (bicyclic) bond motifs is 1. The zero-order valence-corrected chi connectivity index (χ0v) is 10.7. The van der Waals surface area contributed by atoms with Crippen LogP contribution >= 0.6 is 11.6 Å². The molecule has 18 heavy (non-hydrogen) atoms. The van der Waals surface area contributed by atoms with Crippen LogP contribution in [0.5, 0.6) is 0 Å². The van der Waals surface area contributed by atoms with Crippen LogP contribution < -0.4 is 5.56 Å². The fourth-order valence-electron chi connectivity index (χ4n) is 1.66. The molecule has 0 spiro atoms. The number of ether oxygens (including phenoxy) is 1. The van der Waals surface area contributed by atoms with Crippen LogP contribution in [-0.4, -0.2) is 23.0 Å². The Morgan fingerprint density at radius 1 is 1.50 bits per heavy atom. The molecule has 0 aliphatic rings. The van der Waals surface area contributed by atoms with Gasteiger partial charge in [-0.1, -0.05) is 18.5 Å². The van der Waals surface area contributed by atoms with Crippen molar-refractivity contribution >= 4 is 28.6 Å². The number of H-pyrrole nitrogens is 1. The van der Waals surface area contributed by atoms with Gasteiger partial charge in [0.05, 0.1) is 23.7 Å². The van der Waals surface area contributed by atoms with Gasteiger partial charge in [0.15, 0.2) is 0 Å². The van der Waals surface area contributed by atoms with Crippen LogP contribution in [0.2, 0.25) is 5.15 Å². The second kappa shape index (κ2) is 4.78. The molecule has 0 atom stereocenters. The van der Waals surface area contributed by atoms with Crippen molar-refractivity contribution < 1.29 is 9.53 Å². The molecule has 5 nitrogen and oxygen atoms in total. The van der Waals surface area contributed by atoms with Crippen molar-refractivity contribution in [3.63, 3.8) is 0 Å². The van der Waals surface area contributed by atoms with Crippen molar-refractivity contribution in [3.05, 3.63) is 38.8 Å². The summed E-state index contributed by atoms with van der Waals surface area (Å²) < 4.78 is 4.59. The number of carbonyl (C=O) groups excluding carboxylic acids is 1. The molecule has 0 fully saturated rings. The topological polar surface area (TPSA) is 72.0 Å². The van der Waals surface area contributed by atoms with Crippen LogP contribution in [0.25, 0.3) is 11.0 Å². The van der Waals surface area contributed by atoms with E-state index < -0.39 is 5.97 Å². The van der Waals surface area contributed by atoms with Gasteiger partial charge < -0.3 is 9.72 Å². The van der Waals surface area contributed by atoms with E-state index >= 15 is 0 Å². The molecule has 94 valence electrons. The van der Waals surface area contributed by atoms with Gasteiger partial charge in [-0.25, -0.2) is 9.78 Å². The van der Waals surface area contributed by atoms with E-state index in [1.807, 2.05) is 6.92 Å². The summed E-state index contributed by atoms with van der Waals surface area (Å²) in [5, 5.41) is 0.0588. The zero-order chi connectivity index (χ0) is 13.3. The fourth-order valence-corrected chi connectivity index (χ4v) is 1.89. The van der Waals surface area contributed by atoms with Gasteiger partial charge in [-0.05, 0) is 18.6 Å². The van der Waals surface area contributed by atoms with Crippen LogP contribution in [-0.2, 0) is 11.2 Å². The summed E-state index contributed by atoms with van der Waals surface area (Å²) in [7, 11) is 1.26. The largest absolute Gasteiger partial charge is 0.465 e. The fraction of sp³-hybridized carbons (Fsp3) is 0.250. The van der Waals surface area contributed by atoms with Crippen molar-refractivity contribution in [1.82, 2.24) is 9.97 Å². The Morgan fingerprint density at radius 3 is 2.83 bits per heavy atom. The number of rotatable bonds is 2. The van der Waals surface area contributed by atoms with Crippen molar-refractivity contribution in [2.45, 2.75) is 13.3 Å². The average Bonchev–Trinajstić information content (AvgIpc) is 2.37. The lowest BCUT2D eigenvalue weighted by molar-refractivity contribution is 0.0600. The highest BCUT2D eigenvalue weighted by molar-refractivity contribution is 6.32. The number of methoxy groups -OCH3 is 1. The zero-order valence-electron chi connectivity index (χ0n) is 9.91. The number of nitrogens with one attached hydrogen (secondary N) is 1. The summed E-state index contributed by atoms with van der Waals surface area (Å²) in [6, 6.07) is 3.14. The summed E-state index contributed by atoms with van der Waals surface area (Å²) >= 11 is 5.91. The summed E-state index contributed by atoms with van der Waals surface area (Å²) in [6.07, 6.45) is 0.601. The maximum absolute atomic E-state index is 11.7. The molecule has 0 aromatic carbocycles. The molecule has 0 aliphatic carbocycles. The first kappa shape index (κ1) is 12.6. The van der Waals surface area contributed by atoms with Gasteiger partial charge in [0.25, 0.3) is 5.56 Å². The van der Waals surface area contributed by atoms with E-state index in [0.29, 0.717) is 23.0 Å². The number of hydrogen-bond donors (Lipinski definition) is 1. The lowest BCUT2D eigenvalue weighted by Gasteiger charge is -2.05. The van der Waals surface area contributed by atoms with Gasteiger partial charge in [0.1, 0.15) is 5.15 Å². The number of esters is 1. The maximum Gasteiger partial charge on any atom is 0.341 e. The Bertz CT molecular complexity index is 679. The Balaban J connectivity index is 2.72. The normalized spacial score (nSPS) is 10.6. The maximum atomic E-state index is 11.7. The van der Waals surface area contributed by atoms with E-state index in [1.165, 1.54) is 13.2 Å². The molecule has 0 aliphatic heterocycles. The number of aromatic amines is 1. The van der Waals surface area contributed by atoms with Gasteiger partial charge in [-0.15, -0.1) is 0 Å². The molecule has 2 heterocycles. The molecular weight excluding hydrogens is 256 g/mol. The first-order valence-electron chi connectivity index (χ1n) is 5.37. The van der Waals surface area contributed by atoms with Crippen molar-refractivity contribution in [3.8, 4) is 0 Å². The summed E-state index contributed by atoms with van der Waals surface area (Å²) in [4.78, 5) is 29.9. The molecule has 6 heteroatoms. The summed E-state index contributed by atoms with van der Waals surface area (Å²) in [6.45, 7) is 1.88. The molecule has 2 aromatic rings. The molecule has 0 amide bonds. The van der Waals surface area contributed by atoms with Gasteiger partial charge in [-0.3, -0.25) is 4.79 Å². The summed E-state index contributed by atoms with van der Waals surface area (Å²) in [5.41, 5.74) is 1.57. The molecular formula is C12H11ClN2O3. The number of nitrogens with zero attached hydrogens (tertiary/aromatic N) is 1. The number of aryl methyl sites for hydroxylation is 1. The Hall–Kier alpha value is -1.88. The quantitative estimate of drug-likeness (QED) is 0.666. The molecule has 1 N–H and O–H groups in total. The second-order valence-electron chi connectivity index (χ2n) is 3.73. The Kier molecular flexibility index (Phi) is 3.34. The lowest BCUT2D eigenvalue weighted by atomic mass is 10.1. The van der Waals surface area contributed by atoms with Crippen LogP contribution in [0.4, 0.5) is 0 Å². The van der Waals surface area contributed by atoms with Gasteiger partial charge in [-0.2, -0.15) is 0 Å². The number of halogens is 1. The van der Waals surface area contributed by atoms with Crippen molar-refractivity contribution in [2.24, 2.45) is 0 Å². The van der Waals surface area contributed by atoms with E-state index in [-0.39, 0.29) is 16.3 Å². The molecule has 0 unspecified atom stereocenters.